The van der Waals surface area contributed by atoms with Crippen molar-refractivity contribution in [2.75, 3.05) is 0 Å². The third kappa shape index (κ3) is 3.94. The van der Waals surface area contributed by atoms with Crippen LogP contribution in [0.5, 0.6) is 0 Å². The van der Waals surface area contributed by atoms with Gasteiger partial charge >= 0.3 is 0 Å². The zero-order chi connectivity index (χ0) is 24.4. The van der Waals surface area contributed by atoms with E-state index < -0.39 is 0 Å². The first-order valence-electron chi connectivity index (χ1n) is 11.4. The second-order valence-corrected chi connectivity index (χ2v) is 14.2. The summed E-state index contributed by atoms with van der Waals surface area (Å²) in [6, 6.07) is 13.7. The molecule has 5 aromatic heterocycles. The summed E-state index contributed by atoms with van der Waals surface area (Å²) in [7, 11) is 0. The van der Waals surface area contributed by atoms with E-state index in [2.05, 4.69) is 77.9 Å². The molecule has 1 aromatic carbocycles. The van der Waals surface area contributed by atoms with Crippen molar-refractivity contribution in [1.29, 1.82) is 0 Å². The normalized spacial score (nSPS) is 11.7. The summed E-state index contributed by atoms with van der Waals surface area (Å²) in [5.41, 5.74) is 9.77. The molecule has 7 heteroatoms. The van der Waals surface area contributed by atoms with Gasteiger partial charge in [0.05, 0.1) is 11.7 Å². The molecule has 0 aliphatic rings. The van der Waals surface area contributed by atoms with Crippen LogP contribution in [0.25, 0.3) is 51.4 Å². The highest BCUT2D eigenvalue weighted by molar-refractivity contribution is 7.24. The lowest BCUT2D eigenvalue weighted by molar-refractivity contribution is 1.44. The van der Waals surface area contributed by atoms with Crippen LogP contribution >= 0.6 is 57.1 Å². The Hall–Kier alpha value is -2.16. The summed E-state index contributed by atoms with van der Waals surface area (Å²) in [4.78, 5) is 10.8. The second kappa shape index (κ2) is 8.75. The van der Waals surface area contributed by atoms with E-state index in [4.69, 9.17) is 8.75 Å². The summed E-state index contributed by atoms with van der Waals surface area (Å²) < 4.78 is 9.52. The van der Waals surface area contributed by atoms with E-state index >= 15 is 0 Å². The van der Waals surface area contributed by atoms with Gasteiger partial charge in [-0.1, -0.05) is 12.1 Å². The van der Waals surface area contributed by atoms with Crippen LogP contribution in [0, 0.1) is 41.5 Å². The number of fused-ring (bicyclic) bond motifs is 1. The Kier molecular flexibility index (Phi) is 5.81. The topological polar surface area (TPSA) is 25.8 Å². The van der Waals surface area contributed by atoms with Crippen molar-refractivity contribution in [2.24, 2.45) is 0 Å². The average Bonchev–Trinajstić information content (AvgIpc) is 3.62. The molecule has 0 atom stereocenters. The summed E-state index contributed by atoms with van der Waals surface area (Å²) in [6.07, 6.45) is 0. The molecule has 2 nitrogen and oxygen atoms in total. The average molecular weight is 549 g/mol. The first kappa shape index (κ1) is 23.3. The maximum Gasteiger partial charge on any atom is 0.114 e. The molecular formula is C28H24N2S5. The molecule has 176 valence electrons. The highest BCUT2D eigenvalue weighted by Crippen LogP contribution is 2.46. The van der Waals surface area contributed by atoms with Crippen LogP contribution in [0.2, 0.25) is 0 Å². The lowest BCUT2D eigenvalue weighted by atomic mass is 10.0. The molecule has 0 saturated heterocycles. The summed E-state index contributed by atoms with van der Waals surface area (Å²) >= 11 is 8.81. The Morgan fingerprint density at radius 3 is 1.26 bits per heavy atom. The minimum absolute atomic E-state index is 1.01. The number of hydrogen-bond acceptors (Lipinski definition) is 7. The first-order valence-corrected chi connectivity index (χ1v) is 15.4. The van der Waals surface area contributed by atoms with E-state index in [1.54, 1.807) is 0 Å². The van der Waals surface area contributed by atoms with Gasteiger partial charge < -0.3 is 0 Å². The van der Waals surface area contributed by atoms with Crippen LogP contribution in [-0.4, -0.2) is 8.75 Å². The van der Waals surface area contributed by atoms with Crippen LogP contribution in [-0.2, 0) is 0 Å². The fraction of sp³-hybridized carbons (Fsp3) is 0.214. The van der Waals surface area contributed by atoms with E-state index in [0.29, 0.717) is 0 Å². The van der Waals surface area contributed by atoms with E-state index in [1.165, 1.54) is 84.1 Å². The van der Waals surface area contributed by atoms with E-state index in [9.17, 15) is 0 Å². The molecule has 6 rings (SSSR count). The van der Waals surface area contributed by atoms with Gasteiger partial charge in [-0.2, -0.15) is 8.75 Å². The monoisotopic (exact) mass is 548 g/mol. The number of thiophene rings is 4. The van der Waals surface area contributed by atoms with E-state index in [1.807, 2.05) is 45.3 Å². The second-order valence-electron chi connectivity index (χ2n) is 9.07. The fourth-order valence-electron chi connectivity index (χ4n) is 4.35. The smallest absolute Gasteiger partial charge is 0.114 e. The van der Waals surface area contributed by atoms with Gasteiger partial charge in [-0.3, -0.25) is 0 Å². The van der Waals surface area contributed by atoms with Crippen molar-refractivity contribution in [3.63, 3.8) is 0 Å². The lowest BCUT2D eigenvalue weighted by Crippen LogP contribution is -1.82. The number of benzene rings is 1. The molecule has 0 radical (unpaired) electrons. The molecule has 0 aliphatic heterocycles. The first-order chi connectivity index (χ1) is 16.8. The minimum atomic E-state index is 1.01. The SMILES string of the molecule is Cc1cc(-c2sc(-c3ccc(-c4cc(C)c(-c5cc(C)c(C)s5)s4)c4nsnc34)cc2C)sc1C. The minimum Gasteiger partial charge on any atom is -0.172 e. The maximum atomic E-state index is 4.76. The van der Waals surface area contributed by atoms with Crippen molar-refractivity contribution >= 4 is 68.1 Å². The maximum absolute atomic E-state index is 4.76. The Labute approximate surface area is 225 Å². The Bertz CT molecular complexity index is 1560. The van der Waals surface area contributed by atoms with Gasteiger partial charge in [0, 0.05) is 50.1 Å². The Balaban J connectivity index is 1.44. The van der Waals surface area contributed by atoms with Crippen LogP contribution in [0.15, 0.2) is 36.4 Å². The molecule has 0 saturated carbocycles. The molecule has 6 aromatic rings. The summed E-state index contributed by atoms with van der Waals surface area (Å²) in [6.45, 7) is 13.2. The zero-order valence-electron chi connectivity index (χ0n) is 20.4. The number of aryl methyl sites for hydroxylation is 6. The van der Waals surface area contributed by atoms with Crippen LogP contribution in [0.3, 0.4) is 0 Å². The molecule has 0 amide bonds. The highest BCUT2D eigenvalue weighted by atomic mass is 32.1. The highest BCUT2D eigenvalue weighted by Gasteiger charge is 2.20. The molecule has 0 fully saturated rings. The molecule has 0 aliphatic carbocycles. The van der Waals surface area contributed by atoms with Crippen LogP contribution in [0.1, 0.15) is 32.0 Å². The predicted octanol–water partition coefficient (Wildman–Crippen LogP) is 10.5. The van der Waals surface area contributed by atoms with Gasteiger partial charge in [-0.05, 0) is 88.1 Å². The molecular weight excluding hydrogens is 525 g/mol. The Morgan fingerprint density at radius 2 is 0.886 bits per heavy atom. The summed E-state index contributed by atoms with van der Waals surface area (Å²) in [5.74, 6) is 0. The van der Waals surface area contributed by atoms with Crippen molar-refractivity contribution < 1.29 is 0 Å². The van der Waals surface area contributed by atoms with Crippen LogP contribution in [0.4, 0.5) is 0 Å². The fourth-order valence-corrected chi connectivity index (χ4v) is 9.72. The molecule has 0 unspecified atom stereocenters. The van der Waals surface area contributed by atoms with Crippen molar-refractivity contribution in [3.05, 3.63) is 68.4 Å². The third-order valence-corrected chi connectivity index (χ3v) is 12.3. The lowest BCUT2D eigenvalue weighted by Gasteiger charge is -2.03. The predicted molar refractivity (Wildman–Crippen MR) is 159 cm³/mol. The van der Waals surface area contributed by atoms with Gasteiger partial charge in [0.2, 0.25) is 0 Å². The third-order valence-electron chi connectivity index (χ3n) is 6.56. The quantitative estimate of drug-likeness (QED) is 0.219. The van der Waals surface area contributed by atoms with E-state index in [-0.39, 0.29) is 0 Å². The largest absolute Gasteiger partial charge is 0.172 e. The number of aromatic nitrogens is 2. The van der Waals surface area contributed by atoms with Gasteiger partial charge in [-0.15, -0.1) is 45.3 Å². The van der Waals surface area contributed by atoms with Crippen molar-refractivity contribution in [2.45, 2.75) is 41.5 Å². The summed E-state index contributed by atoms with van der Waals surface area (Å²) in [5, 5.41) is 0. The number of rotatable bonds is 4. The molecule has 0 N–H and O–H groups in total. The molecule has 5 heterocycles. The molecule has 0 bridgehead atoms. The Morgan fingerprint density at radius 1 is 0.486 bits per heavy atom. The molecule has 35 heavy (non-hydrogen) atoms. The van der Waals surface area contributed by atoms with Gasteiger partial charge in [0.15, 0.2) is 0 Å². The van der Waals surface area contributed by atoms with E-state index in [0.717, 1.165) is 11.0 Å². The van der Waals surface area contributed by atoms with Gasteiger partial charge in [0.1, 0.15) is 11.0 Å². The van der Waals surface area contributed by atoms with Gasteiger partial charge in [-0.25, -0.2) is 0 Å². The van der Waals surface area contributed by atoms with Gasteiger partial charge in [0.25, 0.3) is 0 Å². The van der Waals surface area contributed by atoms with Crippen LogP contribution < -0.4 is 0 Å². The van der Waals surface area contributed by atoms with Crippen molar-refractivity contribution in [1.82, 2.24) is 8.75 Å². The zero-order valence-corrected chi connectivity index (χ0v) is 24.5. The number of hydrogen-bond donors (Lipinski definition) is 0. The standard InChI is InChI=1S/C28H24N2S5/c1-13-9-23(31-17(13)5)27-15(3)11-21(33-27)19-7-8-20(26-25(19)29-35-30-26)22-12-16(4)28(34-22)24-10-14(2)18(6)32-24/h7-12H,1-6H3. The molecule has 0 spiro atoms. The number of nitrogens with zero attached hydrogens (tertiary/aromatic N) is 2. The van der Waals surface area contributed by atoms with Crippen molar-refractivity contribution in [3.8, 4) is 40.4 Å².